The molecule has 21 heavy (non-hydrogen) atoms. The summed E-state index contributed by atoms with van der Waals surface area (Å²) in [5.74, 6) is -0.833. The predicted molar refractivity (Wildman–Crippen MR) is 67.0 cm³/mol. The smallest absolute Gasteiger partial charge is 0.323 e. The van der Waals surface area contributed by atoms with Crippen molar-refractivity contribution in [1.29, 1.82) is 0 Å². The van der Waals surface area contributed by atoms with E-state index in [9.17, 15) is 22.4 Å². The number of carbonyl (C=O) groups excluding carboxylic acids is 1. The molecule has 0 saturated heterocycles. The molecule has 0 saturated carbocycles. The van der Waals surface area contributed by atoms with Crippen LogP contribution in [0.1, 0.15) is 5.56 Å². The minimum atomic E-state index is -4.37. The van der Waals surface area contributed by atoms with Gasteiger partial charge in [0.1, 0.15) is 12.4 Å². The number of rotatable bonds is 4. The summed E-state index contributed by atoms with van der Waals surface area (Å²) in [6, 6.07) is 5.37. The van der Waals surface area contributed by atoms with Crippen molar-refractivity contribution in [1.82, 2.24) is 9.78 Å². The maximum Gasteiger partial charge on any atom is 0.408 e. The molecule has 112 valence electrons. The third-order valence-electron chi connectivity index (χ3n) is 2.54. The highest BCUT2D eigenvalue weighted by Crippen LogP contribution is 2.18. The molecule has 4 nitrogen and oxygen atoms in total. The molecule has 0 fully saturated rings. The lowest BCUT2D eigenvalue weighted by atomic mass is 10.1. The fraction of sp³-hybridized carbons (Fsp3) is 0.231. The van der Waals surface area contributed by atoms with E-state index in [2.05, 4.69) is 10.4 Å². The molecule has 1 amide bonds. The Hall–Kier alpha value is -2.38. The van der Waals surface area contributed by atoms with Gasteiger partial charge in [-0.05, 0) is 17.7 Å². The van der Waals surface area contributed by atoms with E-state index in [4.69, 9.17) is 0 Å². The number of anilines is 1. The highest BCUT2D eigenvalue weighted by Gasteiger charge is 2.28. The van der Waals surface area contributed by atoms with Gasteiger partial charge in [0.25, 0.3) is 0 Å². The van der Waals surface area contributed by atoms with Crippen LogP contribution in [0.15, 0.2) is 36.7 Å². The van der Waals surface area contributed by atoms with Gasteiger partial charge >= 0.3 is 6.18 Å². The first-order chi connectivity index (χ1) is 9.82. The molecule has 0 unspecified atom stereocenters. The molecule has 1 N–H and O–H groups in total. The average Bonchev–Trinajstić information content (AvgIpc) is 2.77. The zero-order valence-corrected chi connectivity index (χ0v) is 10.7. The Morgan fingerprint density at radius 2 is 1.90 bits per heavy atom. The third-order valence-corrected chi connectivity index (χ3v) is 2.54. The summed E-state index contributed by atoms with van der Waals surface area (Å²) in [7, 11) is 0. The van der Waals surface area contributed by atoms with E-state index in [1.165, 1.54) is 24.3 Å². The molecule has 1 heterocycles. The summed E-state index contributed by atoms with van der Waals surface area (Å²) >= 11 is 0. The predicted octanol–water partition coefficient (Wildman–Crippen LogP) is 2.77. The standard InChI is InChI=1S/C13H11F4N3O/c14-10-3-1-9(2-4-10)5-12(21)19-11-6-18-20(7-11)8-13(15,16)17/h1-4,6-7H,5,8H2,(H,19,21). The van der Waals surface area contributed by atoms with Crippen molar-refractivity contribution in [2.75, 3.05) is 5.32 Å². The number of hydrogen-bond donors (Lipinski definition) is 1. The first kappa shape index (κ1) is 15.0. The van der Waals surface area contributed by atoms with Crippen molar-refractivity contribution in [2.24, 2.45) is 0 Å². The second kappa shape index (κ2) is 5.94. The van der Waals surface area contributed by atoms with Gasteiger partial charge in [-0.15, -0.1) is 0 Å². The van der Waals surface area contributed by atoms with E-state index in [0.717, 1.165) is 12.4 Å². The molecule has 2 aromatic rings. The number of carbonyl (C=O) groups is 1. The number of amides is 1. The van der Waals surface area contributed by atoms with Crippen LogP contribution in [0.4, 0.5) is 23.2 Å². The van der Waals surface area contributed by atoms with Crippen LogP contribution >= 0.6 is 0 Å². The number of hydrogen-bond acceptors (Lipinski definition) is 2. The van der Waals surface area contributed by atoms with E-state index < -0.39 is 24.4 Å². The number of halogens is 4. The summed E-state index contributed by atoms with van der Waals surface area (Å²) in [5.41, 5.74) is 0.767. The molecule has 0 atom stereocenters. The van der Waals surface area contributed by atoms with Gasteiger partial charge < -0.3 is 5.32 Å². The van der Waals surface area contributed by atoms with Gasteiger partial charge in [0.15, 0.2) is 0 Å². The lowest BCUT2D eigenvalue weighted by molar-refractivity contribution is -0.142. The molecule has 0 radical (unpaired) electrons. The van der Waals surface area contributed by atoms with Crippen LogP contribution in [0.2, 0.25) is 0 Å². The molecular weight excluding hydrogens is 290 g/mol. The SMILES string of the molecule is O=C(Cc1ccc(F)cc1)Nc1cnn(CC(F)(F)F)c1. The van der Waals surface area contributed by atoms with Crippen LogP contribution in [-0.4, -0.2) is 21.9 Å². The molecule has 0 bridgehead atoms. The molecule has 2 rings (SSSR count). The Kier molecular flexibility index (Phi) is 4.25. The van der Waals surface area contributed by atoms with Crippen molar-refractivity contribution in [3.63, 3.8) is 0 Å². The van der Waals surface area contributed by atoms with Crippen LogP contribution in [0, 0.1) is 5.82 Å². The fourth-order valence-corrected chi connectivity index (χ4v) is 1.69. The Bertz CT molecular complexity index is 619. The van der Waals surface area contributed by atoms with Gasteiger partial charge in [0.05, 0.1) is 18.3 Å². The van der Waals surface area contributed by atoms with E-state index in [-0.39, 0.29) is 12.1 Å². The number of nitrogens with one attached hydrogen (secondary N) is 1. The van der Waals surface area contributed by atoms with Crippen molar-refractivity contribution < 1.29 is 22.4 Å². The van der Waals surface area contributed by atoms with E-state index in [1.54, 1.807) is 0 Å². The van der Waals surface area contributed by atoms with Crippen molar-refractivity contribution in [3.05, 3.63) is 48.0 Å². The second-order valence-corrected chi connectivity index (χ2v) is 4.39. The van der Waals surface area contributed by atoms with Crippen molar-refractivity contribution in [2.45, 2.75) is 19.1 Å². The zero-order valence-electron chi connectivity index (χ0n) is 10.7. The normalized spacial score (nSPS) is 11.4. The largest absolute Gasteiger partial charge is 0.408 e. The first-order valence-corrected chi connectivity index (χ1v) is 5.95. The minimum Gasteiger partial charge on any atom is -0.323 e. The average molecular weight is 301 g/mol. The van der Waals surface area contributed by atoms with E-state index in [0.29, 0.717) is 10.2 Å². The Morgan fingerprint density at radius 3 is 2.52 bits per heavy atom. The van der Waals surface area contributed by atoms with Crippen LogP contribution in [0.3, 0.4) is 0 Å². The van der Waals surface area contributed by atoms with Gasteiger partial charge in [-0.3, -0.25) is 9.48 Å². The minimum absolute atomic E-state index is 0.00920. The van der Waals surface area contributed by atoms with Crippen molar-refractivity contribution in [3.8, 4) is 0 Å². The monoisotopic (exact) mass is 301 g/mol. The van der Waals surface area contributed by atoms with Gasteiger partial charge in [-0.1, -0.05) is 12.1 Å². The molecule has 0 aliphatic heterocycles. The van der Waals surface area contributed by atoms with E-state index >= 15 is 0 Å². The van der Waals surface area contributed by atoms with Gasteiger partial charge in [0, 0.05) is 6.20 Å². The molecule has 1 aromatic carbocycles. The number of aromatic nitrogens is 2. The highest BCUT2D eigenvalue weighted by atomic mass is 19.4. The van der Waals surface area contributed by atoms with Crippen LogP contribution in [0.5, 0.6) is 0 Å². The van der Waals surface area contributed by atoms with Gasteiger partial charge in [-0.25, -0.2) is 4.39 Å². The molecule has 8 heteroatoms. The topological polar surface area (TPSA) is 46.9 Å². The second-order valence-electron chi connectivity index (χ2n) is 4.39. The summed E-state index contributed by atoms with van der Waals surface area (Å²) in [6.45, 7) is -1.22. The van der Waals surface area contributed by atoms with Crippen molar-refractivity contribution >= 4 is 11.6 Å². The Balaban J connectivity index is 1.92. The maximum absolute atomic E-state index is 12.7. The molecule has 0 aliphatic carbocycles. The first-order valence-electron chi connectivity index (χ1n) is 5.95. The number of benzene rings is 1. The summed E-state index contributed by atoms with van der Waals surface area (Å²) in [5, 5.41) is 5.93. The summed E-state index contributed by atoms with van der Waals surface area (Å²) < 4.78 is 49.9. The highest BCUT2D eigenvalue weighted by molar-refractivity contribution is 5.91. The fourth-order valence-electron chi connectivity index (χ4n) is 1.69. The van der Waals surface area contributed by atoms with Gasteiger partial charge in [0.2, 0.25) is 5.91 Å². The summed E-state index contributed by atoms with van der Waals surface area (Å²) in [6.07, 6.45) is -2.16. The lowest BCUT2D eigenvalue weighted by Gasteiger charge is -2.05. The third kappa shape index (κ3) is 4.90. The molecule has 1 aromatic heterocycles. The zero-order chi connectivity index (χ0) is 15.5. The lowest BCUT2D eigenvalue weighted by Crippen LogP contribution is -2.18. The van der Waals surface area contributed by atoms with Crippen LogP contribution in [-0.2, 0) is 17.8 Å². The van der Waals surface area contributed by atoms with Gasteiger partial charge in [-0.2, -0.15) is 18.3 Å². The quantitative estimate of drug-likeness (QED) is 0.883. The van der Waals surface area contributed by atoms with Crippen LogP contribution in [0.25, 0.3) is 0 Å². The van der Waals surface area contributed by atoms with Crippen LogP contribution < -0.4 is 5.32 Å². The molecule has 0 spiro atoms. The number of alkyl halides is 3. The Labute approximate surface area is 117 Å². The van der Waals surface area contributed by atoms with E-state index in [1.807, 2.05) is 0 Å². The molecule has 0 aliphatic rings. The summed E-state index contributed by atoms with van der Waals surface area (Å²) in [4.78, 5) is 11.7. The maximum atomic E-state index is 12.7. The number of nitrogens with zero attached hydrogens (tertiary/aromatic N) is 2. The molecular formula is C13H11F4N3O. The Morgan fingerprint density at radius 1 is 1.24 bits per heavy atom.